The molecule has 22 heavy (non-hydrogen) atoms. The predicted molar refractivity (Wildman–Crippen MR) is 88.8 cm³/mol. The van der Waals surface area contributed by atoms with Crippen LogP contribution in [-0.4, -0.2) is 19.3 Å². The van der Waals surface area contributed by atoms with Crippen LogP contribution in [0.4, 0.5) is 5.82 Å². The van der Waals surface area contributed by atoms with Crippen molar-refractivity contribution in [3.05, 3.63) is 60.7 Å². The van der Waals surface area contributed by atoms with Gasteiger partial charge in [0.1, 0.15) is 11.6 Å². The molecule has 0 radical (unpaired) electrons. The van der Waals surface area contributed by atoms with E-state index in [9.17, 15) is 0 Å². The maximum atomic E-state index is 4.43. The minimum Gasteiger partial charge on any atom is -0.365 e. The first-order valence-corrected chi connectivity index (χ1v) is 7.70. The largest absolute Gasteiger partial charge is 0.365 e. The van der Waals surface area contributed by atoms with E-state index in [1.807, 2.05) is 24.5 Å². The maximum Gasteiger partial charge on any atom is 0.141 e. The van der Waals surface area contributed by atoms with Crippen LogP contribution in [-0.2, 0) is 6.54 Å². The fraction of sp³-hybridized carbons (Fsp3) is 0.0625. The van der Waals surface area contributed by atoms with Crippen LogP contribution in [0.25, 0.3) is 21.5 Å². The molecule has 5 nitrogen and oxygen atoms in total. The van der Waals surface area contributed by atoms with Crippen molar-refractivity contribution in [1.29, 1.82) is 0 Å². The minimum absolute atomic E-state index is 0.699. The van der Waals surface area contributed by atoms with E-state index in [2.05, 4.69) is 42.8 Å². The Morgan fingerprint density at radius 2 is 2.09 bits per heavy atom. The maximum absolute atomic E-state index is 4.43. The number of aromatic nitrogens is 4. The molecule has 3 heterocycles. The summed E-state index contributed by atoms with van der Waals surface area (Å²) < 4.78 is 5.47. The first-order chi connectivity index (χ1) is 10.9. The molecule has 0 spiro atoms. The monoisotopic (exact) mass is 307 g/mol. The van der Waals surface area contributed by atoms with Gasteiger partial charge in [-0.3, -0.25) is 0 Å². The minimum atomic E-state index is 0.699. The third-order valence-electron chi connectivity index (χ3n) is 3.47. The summed E-state index contributed by atoms with van der Waals surface area (Å²) in [6.07, 6.45) is 7.23. The zero-order valence-electron chi connectivity index (χ0n) is 11.7. The first kappa shape index (κ1) is 13.0. The molecule has 0 atom stereocenters. The number of hydrogen-bond acceptors (Lipinski definition) is 5. The second-order valence-electron chi connectivity index (χ2n) is 4.85. The molecule has 4 rings (SSSR count). The molecule has 1 aromatic carbocycles. The van der Waals surface area contributed by atoms with Crippen LogP contribution in [0, 0.1) is 0 Å². The van der Waals surface area contributed by atoms with Crippen LogP contribution in [0.1, 0.15) is 5.56 Å². The van der Waals surface area contributed by atoms with Crippen LogP contribution in [0.3, 0.4) is 0 Å². The molecule has 3 aromatic heterocycles. The number of fused-ring (bicyclic) bond motifs is 1. The molecule has 6 heteroatoms. The van der Waals surface area contributed by atoms with Gasteiger partial charge in [0, 0.05) is 36.7 Å². The lowest BCUT2D eigenvalue weighted by Crippen LogP contribution is -2.03. The van der Waals surface area contributed by atoms with E-state index in [1.54, 1.807) is 12.4 Å². The second kappa shape index (κ2) is 5.57. The molecule has 0 aliphatic rings. The van der Waals surface area contributed by atoms with Crippen LogP contribution < -0.4 is 5.32 Å². The second-order valence-corrected chi connectivity index (χ2v) is 5.65. The third kappa shape index (κ3) is 2.33. The van der Waals surface area contributed by atoms with Crippen LogP contribution in [0.15, 0.2) is 55.1 Å². The van der Waals surface area contributed by atoms with Gasteiger partial charge in [0.05, 0.1) is 10.3 Å². The van der Waals surface area contributed by atoms with Crippen molar-refractivity contribution in [2.24, 2.45) is 0 Å². The summed E-state index contributed by atoms with van der Waals surface area (Å²) in [4.78, 5) is 11.9. The number of pyridine rings is 1. The number of aromatic amines is 1. The summed E-state index contributed by atoms with van der Waals surface area (Å²) in [5.41, 5.74) is 2.18. The van der Waals surface area contributed by atoms with Crippen molar-refractivity contribution in [3.8, 4) is 11.4 Å². The Labute approximate surface area is 131 Å². The summed E-state index contributed by atoms with van der Waals surface area (Å²) >= 11 is 1.52. The Morgan fingerprint density at radius 1 is 1.09 bits per heavy atom. The number of nitrogens with zero attached hydrogens (tertiary/aromatic N) is 3. The molecule has 0 saturated heterocycles. The van der Waals surface area contributed by atoms with Gasteiger partial charge in [-0.25, -0.2) is 9.97 Å². The van der Waals surface area contributed by atoms with Gasteiger partial charge in [-0.15, -0.1) is 0 Å². The number of rotatable bonds is 4. The Balaban J connectivity index is 1.64. The molecule has 0 aliphatic heterocycles. The van der Waals surface area contributed by atoms with E-state index in [1.165, 1.54) is 27.2 Å². The highest BCUT2D eigenvalue weighted by Crippen LogP contribution is 2.26. The van der Waals surface area contributed by atoms with Gasteiger partial charge >= 0.3 is 0 Å². The molecule has 0 aliphatic carbocycles. The fourth-order valence-electron chi connectivity index (χ4n) is 2.42. The van der Waals surface area contributed by atoms with E-state index in [-0.39, 0.29) is 0 Å². The lowest BCUT2D eigenvalue weighted by Gasteiger charge is -2.10. The predicted octanol–water partition coefficient (Wildman–Crippen LogP) is 3.69. The Hall–Kier alpha value is -2.73. The Morgan fingerprint density at radius 3 is 3.00 bits per heavy atom. The molecule has 0 bridgehead atoms. The SMILES string of the molecule is c1cnc(NCc2cccc3cnsc23)c(-c2ncc[nH]2)c1. The van der Waals surface area contributed by atoms with Gasteiger partial charge in [-0.1, -0.05) is 18.2 Å². The lowest BCUT2D eigenvalue weighted by molar-refractivity contribution is 1.12. The molecular weight excluding hydrogens is 294 g/mol. The van der Waals surface area contributed by atoms with Gasteiger partial charge in [0.25, 0.3) is 0 Å². The van der Waals surface area contributed by atoms with Gasteiger partial charge in [0.15, 0.2) is 0 Å². The average Bonchev–Trinajstić information content (AvgIpc) is 3.24. The van der Waals surface area contributed by atoms with Crippen molar-refractivity contribution < 1.29 is 0 Å². The molecule has 0 amide bonds. The zero-order valence-corrected chi connectivity index (χ0v) is 12.5. The highest BCUT2D eigenvalue weighted by molar-refractivity contribution is 7.13. The van der Waals surface area contributed by atoms with Crippen molar-refractivity contribution in [1.82, 2.24) is 19.3 Å². The molecule has 0 unspecified atom stereocenters. The number of nitrogens with one attached hydrogen (secondary N) is 2. The quantitative estimate of drug-likeness (QED) is 0.603. The molecule has 0 saturated carbocycles. The van der Waals surface area contributed by atoms with Gasteiger partial charge < -0.3 is 10.3 Å². The zero-order chi connectivity index (χ0) is 14.8. The number of imidazole rings is 1. The summed E-state index contributed by atoms with van der Waals surface area (Å²) in [6, 6.07) is 10.2. The first-order valence-electron chi connectivity index (χ1n) is 6.93. The van der Waals surface area contributed by atoms with Crippen LogP contribution in [0.5, 0.6) is 0 Å². The number of benzene rings is 1. The lowest BCUT2D eigenvalue weighted by atomic mass is 10.1. The van der Waals surface area contributed by atoms with E-state index in [0.29, 0.717) is 6.54 Å². The topological polar surface area (TPSA) is 66.5 Å². The highest BCUT2D eigenvalue weighted by Gasteiger charge is 2.09. The average molecular weight is 307 g/mol. The van der Waals surface area contributed by atoms with Crippen LogP contribution in [0.2, 0.25) is 0 Å². The number of H-pyrrole nitrogens is 1. The third-order valence-corrected chi connectivity index (χ3v) is 4.36. The van der Waals surface area contributed by atoms with Gasteiger partial charge in [0.2, 0.25) is 0 Å². The number of anilines is 1. The molecular formula is C16H13N5S. The summed E-state index contributed by atoms with van der Waals surface area (Å²) in [6.45, 7) is 0.699. The summed E-state index contributed by atoms with van der Waals surface area (Å²) in [5, 5.41) is 4.58. The van der Waals surface area contributed by atoms with E-state index < -0.39 is 0 Å². The van der Waals surface area contributed by atoms with Crippen LogP contribution >= 0.6 is 11.5 Å². The van der Waals surface area contributed by atoms with E-state index in [4.69, 9.17) is 0 Å². The number of hydrogen-bond donors (Lipinski definition) is 2. The van der Waals surface area contributed by atoms with E-state index in [0.717, 1.165) is 17.2 Å². The summed E-state index contributed by atoms with van der Waals surface area (Å²) in [5.74, 6) is 1.63. The standard InChI is InChI=1S/C16H13N5S/c1-3-11(14-12(4-1)10-21-22-14)9-20-16-13(5-2-6-17-16)15-18-7-8-19-15/h1-8,10H,9H2,(H,17,20)(H,18,19). The molecule has 108 valence electrons. The van der Waals surface area contributed by atoms with Gasteiger partial charge in [-0.2, -0.15) is 4.37 Å². The Kier molecular flexibility index (Phi) is 3.29. The van der Waals surface area contributed by atoms with Gasteiger partial charge in [-0.05, 0) is 29.2 Å². The smallest absolute Gasteiger partial charge is 0.141 e. The molecule has 4 aromatic rings. The summed E-state index contributed by atoms with van der Waals surface area (Å²) in [7, 11) is 0. The van der Waals surface area contributed by atoms with Crippen molar-refractivity contribution >= 4 is 27.4 Å². The van der Waals surface area contributed by atoms with E-state index >= 15 is 0 Å². The Bertz CT molecular complexity index is 898. The normalized spacial score (nSPS) is 10.9. The fourth-order valence-corrected chi connectivity index (χ4v) is 3.18. The highest BCUT2D eigenvalue weighted by atomic mass is 32.1. The molecule has 0 fully saturated rings. The van der Waals surface area contributed by atoms with Crippen molar-refractivity contribution in [2.75, 3.05) is 5.32 Å². The molecule has 2 N–H and O–H groups in total. The van der Waals surface area contributed by atoms with Crippen molar-refractivity contribution in [2.45, 2.75) is 6.54 Å². The van der Waals surface area contributed by atoms with Crippen molar-refractivity contribution in [3.63, 3.8) is 0 Å².